The van der Waals surface area contributed by atoms with Gasteiger partial charge in [0.2, 0.25) is 6.29 Å². The van der Waals surface area contributed by atoms with Crippen molar-refractivity contribution in [3.8, 4) is 11.5 Å². The predicted molar refractivity (Wildman–Crippen MR) is 81.6 cm³/mol. The second-order valence-corrected chi connectivity index (χ2v) is 7.33. The van der Waals surface area contributed by atoms with E-state index in [1.165, 1.54) is 7.11 Å². The van der Waals surface area contributed by atoms with Crippen LogP contribution in [0.25, 0.3) is 0 Å². The topological polar surface area (TPSA) is 88.4 Å². The quantitative estimate of drug-likeness (QED) is 0.500. The Balaban J connectivity index is 1.77. The van der Waals surface area contributed by atoms with Gasteiger partial charge >= 0.3 is 0 Å². The lowest BCUT2D eigenvalue weighted by molar-refractivity contribution is -0.205. The van der Waals surface area contributed by atoms with Crippen molar-refractivity contribution in [2.45, 2.75) is 41.1 Å². The predicted octanol–water partition coefficient (Wildman–Crippen LogP) is 0.590. The number of hydrogen-bond acceptors (Lipinski definition) is 6. The molecule has 0 spiro atoms. The molecule has 1 heterocycles. The number of methoxy groups -OCH3 is 1. The summed E-state index contributed by atoms with van der Waals surface area (Å²) < 4.78 is 16.1. The first kappa shape index (κ1) is 15.3. The van der Waals surface area contributed by atoms with E-state index in [1.54, 1.807) is 18.2 Å². The van der Waals surface area contributed by atoms with Gasteiger partial charge in [0.1, 0.15) is 12.2 Å². The standard InChI is InChI=1S/C14H17IO6/c1-19-9-4-7(6-16)2-3-8(9)20-13-11(17)12(18)14(15)5-10(14)21-13/h2-4,10-13,16-18H,5-6H2,1H3. The number of hydrogen-bond donors (Lipinski definition) is 3. The van der Waals surface area contributed by atoms with E-state index in [0.717, 1.165) is 0 Å². The van der Waals surface area contributed by atoms with Gasteiger partial charge in [0.25, 0.3) is 0 Å². The lowest BCUT2D eigenvalue weighted by atomic mass is 10.1. The molecule has 1 aliphatic carbocycles. The molecule has 5 atom stereocenters. The first-order valence-corrected chi connectivity index (χ1v) is 7.72. The van der Waals surface area contributed by atoms with E-state index < -0.39 is 21.9 Å². The molecule has 7 heteroatoms. The molecule has 0 bridgehead atoms. The van der Waals surface area contributed by atoms with E-state index in [0.29, 0.717) is 23.5 Å². The van der Waals surface area contributed by atoms with Crippen molar-refractivity contribution in [3.63, 3.8) is 0 Å². The minimum Gasteiger partial charge on any atom is -0.493 e. The number of alkyl halides is 1. The molecule has 2 fully saturated rings. The van der Waals surface area contributed by atoms with E-state index in [-0.39, 0.29) is 12.7 Å². The van der Waals surface area contributed by atoms with Gasteiger partial charge in [-0.2, -0.15) is 0 Å². The maximum atomic E-state index is 10.1. The highest BCUT2D eigenvalue weighted by atomic mass is 127. The van der Waals surface area contributed by atoms with E-state index in [2.05, 4.69) is 22.6 Å². The molecule has 5 unspecified atom stereocenters. The van der Waals surface area contributed by atoms with Crippen LogP contribution in [-0.2, 0) is 11.3 Å². The zero-order chi connectivity index (χ0) is 15.2. The molecular formula is C14H17IO6. The van der Waals surface area contributed by atoms with Gasteiger partial charge in [-0.3, -0.25) is 0 Å². The average Bonchev–Trinajstić information content (AvgIpc) is 3.16. The van der Waals surface area contributed by atoms with Crippen LogP contribution >= 0.6 is 22.6 Å². The third kappa shape index (κ3) is 2.61. The molecule has 0 amide bonds. The average molecular weight is 408 g/mol. The van der Waals surface area contributed by atoms with Crippen molar-refractivity contribution in [1.82, 2.24) is 0 Å². The summed E-state index contributed by atoms with van der Waals surface area (Å²) in [6.45, 7) is -0.0999. The molecule has 1 aliphatic heterocycles. The maximum Gasteiger partial charge on any atom is 0.229 e. The molecule has 0 aromatic heterocycles. The van der Waals surface area contributed by atoms with E-state index in [1.807, 2.05) is 0 Å². The fraction of sp³-hybridized carbons (Fsp3) is 0.571. The van der Waals surface area contributed by atoms with Gasteiger partial charge in [-0.15, -0.1) is 0 Å². The largest absolute Gasteiger partial charge is 0.493 e. The van der Waals surface area contributed by atoms with Crippen LogP contribution in [0.4, 0.5) is 0 Å². The van der Waals surface area contributed by atoms with Crippen LogP contribution in [0.15, 0.2) is 18.2 Å². The first-order valence-electron chi connectivity index (χ1n) is 6.64. The molecule has 1 saturated heterocycles. The number of fused-ring (bicyclic) bond motifs is 1. The minimum absolute atomic E-state index is 0.0999. The van der Waals surface area contributed by atoms with Crippen molar-refractivity contribution < 1.29 is 29.5 Å². The highest BCUT2D eigenvalue weighted by Crippen LogP contribution is 2.55. The van der Waals surface area contributed by atoms with Crippen LogP contribution in [0.3, 0.4) is 0 Å². The SMILES string of the molecule is COc1cc(CO)ccc1OC1OC2CC2(I)C(O)C1O. The Morgan fingerprint density at radius 3 is 2.81 bits per heavy atom. The molecule has 116 valence electrons. The number of halogens is 1. The van der Waals surface area contributed by atoms with Crippen LogP contribution < -0.4 is 9.47 Å². The Hall–Kier alpha value is -0.610. The molecule has 0 radical (unpaired) electrons. The summed E-state index contributed by atoms with van der Waals surface area (Å²) >= 11 is 2.13. The smallest absolute Gasteiger partial charge is 0.229 e. The Bertz CT molecular complexity index is 538. The molecule has 1 aromatic rings. The summed E-state index contributed by atoms with van der Waals surface area (Å²) in [5.74, 6) is 0.835. The van der Waals surface area contributed by atoms with Crippen LogP contribution in [0, 0.1) is 0 Å². The van der Waals surface area contributed by atoms with Crippen molar-refractivity contribution >= 4 is 22.6 Å². The van der Waals surface area contributed by atoms with E-state index in [9.17, 15) is 10.2 Å². The number of rotatable bonds is 4. The summed E-state index contributed by atoms with van der Waals surface area (Å²) in [4.78, 5) is 0. The second-order valence-electron chi connectivity index (χ2n) is 5.32. The Labute approximate surface area is 135 Å². The number of aliphatic hydroxyl groups excluding tert-OH is 3. The molecule has 1 saturated carbocycles. The van der Waals surface area contributed by atoms with Gasteiger partial charge in [0.15, 0.2) is 11.5 Å². The molecule has 21 heavy (non-hydrogen) atoms. The molecule has 3 rings (SSSR count). The van der Waals surface area contributed by atoms with Crippen molar-refractivity contribution in [1.29, 1.82) is 0 Å². The molecule has 6 nitrogen and oxygen atoms in total. The molecule has 1 aromatic carbocycles. The first-order chi connectivity index (χ1) is 9.99. The van der Waals surface area contributed by atoms with Crippen LogP contribution in [0.1, 0.15) is 12.0 Å². The van der Waals surface area contributed by atoms with Crippen LogP contribution in [0.5, 0.6) is 11.5 Å². The zero-order valence-electron chi connectivity index (χ0n) is 11.4. The van der Waals surface area contributed by atoms with Crippen molar-refractivity contribution in [2.75, 3.05) is 7.11 Å². The Morgan fingerprint density at radius 2 is 2.14 bits per heavy atom. The Kier molecular flexibility index (Phi) is 4.04. The Morgan fingerprint density at radius 1 is 1.38 bits per heavy atom. The summed E-state index contributed by atoms with van der Waals surface area (Å²) in [5, 5.41) is 29.4. The van der Waals surface area contributed by atoms with Crippen molar-refractivity contribution in [2.24, 2.45) is 0 Å². The molecule has 2 aliphatic rings. The lowest BCUT2D eigenvalue weighted by Crippen LogP contribution is -2.53. The zero-order valence-corrected chi connectivity index (χ0v) is 13.6. The third-order valence-electron chi connectivity index (χ3n) is 3.92. The fourth-order valence-corrected chi connectivity index (χ4v) is 3.42. The lowest BCUT2D eigenvalue weighted by Gasteiger charge is -2.34. The molecular weight excluding hydrogens is 391 g/mol. The minimum atomic E-state index is -1.12. The number of benzene rings is 1. The van der Waals surface area contributed by atoms with Gasteiger partial charge in [-0.05, 0) is 24.1 Å². The molecule has 3 N–H and O–H groups in total. The van der Waals surface area contributed by atoms with Gasteiger partial charge in [0, 0.05) is 0 Å². The highest BCUT2D eigenvalue weighted by molar-refractivity contribution is 14.1. The van der Waals surface area contributed by atoms with Gasteiger partial charge in [0.05, 0.1) is 23.2 Å². The number of aliphatic hydroxyl groups is 3. The van der Waals surface area contributed by atoms with Crippen LogP contribution in [0.2, 0.25) is 0 Å². The maximum absolute atomic E-state index is 10.1. The summed E-state index contributed by atoms with van der Waals surface area (Å²) in [5.41, 5.74) is 0.692. The van der Waals surface area contributed by atoms with E-state index >= 15 is 0 Å². The summed E-state index contributed by atoms with van der Waals surface area (Å²) in [6, 6.07) is 5.00. The third-order valence-corrected chi connectivity index (χ3v) is 5.69. The van der Waals surface area contributed by atoms with Crippen LogP contribution in [-0.4, -0.2) is 50.5 Å². The fourth-order valence-electron chi connectivity index (χ4n) is 2.50. The van der Waals surface area contributed by atoms with Crippen molar-refractivity contribution in [3.05, 3.63) is 23.8 Å². The summed E-state index contributed by atoms with van der Waals surface area (Å²) in [6.07, 6.45) is -2.35. The monoisotopic (exact) mass is 408 g/mol. The van der Waals surface area contributed by atoms with Gasteiger partial charge in [-0.25, -0.2) is 0 Å². The summed E-state index contributed by atoms with van der Waals surface area (Å²) in [7, 11) is 1.49. The normalized spacial score (nSPS) is 37.8. The van der Waals surface area contributed by atoms with Gasteiger partial charge < -0.3 is 29.5 Å². The highest BCUT2D eigenvalue weighted by Gasteiger charge is 2.66. The van der Waals surface area contributed by atoms with Gasteiger partial charge in [-0.1, -0.05) is 28.7 Å². The number of ether oxygens (including phenoxy) is 3. The second kappa shape index (κ2) is 5.54. The van der Waals surface area contributed by atoms with E-state index in [4.69, 9.17) is 19.3 Å².